The van der Waals surface area contributed by atoms with Crippen LogP contribution in [0.25, 0.3) is 0 Å². The standard InChI is InChI=1S/C6H8.Sm/c1-6-4-2-3-5-6;/h2-4H,5H2,1H3;. The van der Waals surface area contributed by atoms with Gasteiger partial charge in [0.2, 0.25) is 0 Å². The zero-order chi connectivity index (χ0) is 4.41. The molecule has 0 atom stereocenters. The summed E-state index contributed by atoms with van der Waals surface area (Å²) in [6, 6.07) is 0. The number of hydrogen-bond donors (Lipinski definition) is 0. The van der Waals surface area contributed by atoms with E-state index in [9.17, 15) is 0 Å². The van der Waals surface area contributed by atoms with Crippen LogP contribution in [0.15, 0.2) is 23.8 Å². The van der Waals surface area contributed by atoms with Crippen molar-refractivity contribution in [2.45, 2.75) is 13.3 Å². The maximum Gasteiger partial charge on any atom is 0 e. The first-order valence-electron chi connectivity index (χ1n) is 2.22. The van der Waals surface area contributed by atoms with E-state index in [1.807, 2.05) is 0 Å². The molecule has 0 heterocycles. The number of allylic oxidation sites excluding steroid dienone is 4. The van der Waals surface area contributed by atoms with E-state index in [0.29, 0.717) is 0 Å². The minimum atomic E-state index is 0. The Hall–Kier alpha value is 0.818. The third-order valence-electron chi connectivity index (χ3n) is 0.957. The van der Waals surface area contributed by atoms with Crippen molar-refractivity contribution in [3.05, 3.63) is 23.8 Å². The first-order valence-corrected chi connectivity index (χ1v) is 2.22. The maximum absolute atomic E-state index is 2.16. The van der Waals surface area contributed by atoms with Gasteiger partial charge in [0, 0.05) is 40.4 Å². The SMILES string of the molecule is CC1=CC=CC1.[Sm]. The topological polar surface area (TPSA) is 0 Å². The molecule has 0 aliphatic heterocycles. The molecule has 0 nitrogen and oxygen atoms in total. The second kappa shape index (κ2) is 3.78. The molecule has 1 aliphatic carbocycles. The predicted octanol–water partition coefficient (Wildman–Crippen LogP) is 1.89. The molecule has 1 rings (SSSR count). The molecule has 0 fully saturated rings. The molecule has 0 saturated carbocycles. The molecule has 0 saturated heterocycles. The third kappa shape index (κ3) is 2.59. The minimum absolute atomic E-state index is 0. The van der Waals surface area contributed by atoms with Crippen LogP contribution in [0, 0.1) is 40.4 Å². The molecule has 0 aromatic rings. The van der Waals surface area contributed by atoms with Crippen LogP contribution in [0.2, 0.25) is 0 Å². The van der Waals surface area contributed by atoms with E-state index in [1.54, 1.807) is 0 Å². The van der Waals surface area contributed by atoms with Crippen molar-refractivity contribution in [2.75, 3.05) is 0 Å². The van der Waals surface area contributed by atoms with Gasteiger partial charge in [0.05, 0.1) is 0 Å². The monoisotopic (exact) mass is 232 g/mol. The third-order valence-corrected chi connectivity index (χ3v) is 0.957. The van der Waals surface area contributed by atoms with Gasteiger partial charge in [-0.3, -0.25) is 0 Å². The summed E-state index contributed by atoms with van der Waals surface area (Å²) in [5, 5.41) is 0. The molecule has 0 N–H and O–H groups in total. The fourth-order valence-electron chi connectivity index (χ4n) is 0.554. The second-order valence-corrected chi connectivity index (χ2v) is 1.65. The van der Waals surface area contributed by atoms with Crippen LogP contribution >= 0.6 is 0 Å². The summed E-state index contributed by atoms with van der Waals surface area (Å²) >= 11 is 0. The Balaban J connectivity index is 0.000000360. The van der Waals surface area contributed by atoms with Crippen LogP contribution in [-0.2, 0) is 0 Å². The van der Waals surface area contributed by atoms with Crippen molar-refractivity contribution in [2.24, 2.45) is 0 Å². The van der Waals surface area contributed by atoms with Gasteiger partial charge in [-0.1, -0.05) is 23.8 Å². The van der Waals surface area contributed by atoms with Gasteiger partial charge in [-0.25, -0.2) is 0 Å². The quantitative estimate of drug-likeness (QED) is 0.596. The van der Waals surface area contributed by atoms with Gasteiger partial charge in [-0.05, 0) is 13.3 Å². The van der Waals surface area contributed by atoms with E-state index < -0.39 is 0 Å². The van der Waals surface area contributed by atoms with Crippen molar-refractivity contribution < 1.29 is 40.4 Å². The summed E-state index contributed by atoms with van der Waals surface area (Å²) in [7, 11) is 0. The summed E-state index contributed by atoms with van der Waals surface area (Å²) in [6.07, 6.45) is 7.56. The Morgan fingerprint density at radius 3 is 2.43 bits per heavy atom. The summed E-state index contributed by atoms with van der Waals surface area (Å²) < 4.78 is 0. The van der Waals surface area contributed by atoms with Gasteiger partial charge in [0.1, 0.15) is 0 Å². The largest absolute Gasteiger partial charge is 0.0805 e. The van der Waals surface area contributed by atoms with Crippen molar-refractivity contribution in [1.82, 2.24) is 0 Å². The van der Waals surface area contributed by atoms with Gasteiger partial charge in [0.15, 0.2) is 0 Å². The molecule has 0 unspecified atom stereocenters. The first-order chi connectivity index (χ1) is 2.89. The van der Waals surface area contributed by atoms with Crippen LogP contribution in [-0.4, -0.2) is 0 Å². The van der Waals surface area contributed by atoms with Crippen LogP contribution in [0.1, 0.15) is 13.3 Å². The summed E-state index contributed by atoms with van der Waals surface area (Å²) in [5.74, 6) is 0. The Morgan fingerprint density at radius 1 is 1.57 bits per heavy atom. The number of rotatable bonds is 0. The van der Waals surface area contributed by atoms with Gasteiger partial charge in [-0.15, -0.1) is 0 Å². The van der Waals surface area contributed by atoms with Crippen molar-refractivity contribution in [1.29, 1.82) is 0 Å². The molecule has 1 aliphatic rings. The average molecular weight is 230 g/mol. The molecular formula is C6H8Sm. The van der Waals surface area contributed by atoms with E-state index in [2.05, 4.69) is 25.2 Å². The zero-order valence-electron chi connectivity index (χ0n) is 4.35. The molecule has 38 valence electrons. The van der Waals surface area contributed by atoms with Gasteiger partial charge < -0.3 is 0 Å². The zero-order valence-corrected chi connectivity index (χ0v) is 6.97. The Kier molecular flexibility index (Phi) is 4.22. The molecule has 0 aromatic heterocycles. The molecule has 0 radical (unpaired) electrons. The van der Waals surface area contributed by atoms with Crippen LogP contribution in [0.3, 0.4) is 0 Å². The summed E-state index contributed by atoms with van der Waals surface area (Å²) in [5.41, 5.74) is 1.47. The molecular weight excluding hydrogens is 222 g/mol. The van der Waals surface area contributed by atoms with E-state index in [1.165, 1.54) is 12.0 Å². The molecule has 7 heavy (non-hydrogen) atoms. The first kappa shape index (κ1) is 7.82. The van der Waals surface area contributed by atoms with E-state index in [4.69, 9.17) is 0 Å². The predicted molar refractivity (Wildman–Crippen MR) is 27.5 cm³/mol. The fourth-order valence-corrected chi connectivity index (χ4v) is 0.554. The van der Waals surface area contributed by atoms with E-state index in [-0.39, 0.29) is 40.4 Å². The molecule has 0 bridgehead atoms. The summed E-state index contributed by atoms with van der Waals surface area (Å²) in [4.78, 5) is 0. The second-order valence-electron chi connectivity index (χ2n) is 1.65. The van der Waals surface area contributed by atoms with Crippen molar-refractivity contribution >= 4 is 0 Å². The fraction of sp³-hybridized carbons (Fsp3) is 0.333. The molecule has 0 spiro atoms. The maximum atomic E-state index is 2.16. The minimum Gasteiger partial charge on any atom is -0.0805 e. The smallest absolute Gasteiger partial charge is 0 e. The van der Waals surface area contributed by atoms with E-state index in [0.717, 1.165) is 0 Å². The molecule has 0 amide bonds. The van der Waals surface area contributed by atoms with Gasteiger partial charge in [-0.2, -0.15) is 0 Å². The molecule has 0 aromatic carbocycles. The van der Waals surface area contributed by atoms with Gasteiger partial charge >= 0.3 is 0 Å². The normalized spacial score (nSPS) is 15.9. The van der Waals surface area contributed by atoms with Gasteiger partial charge in [0.25, 0.3) is 0 Å². The van der Waals surface area contributed by atoms with E-state index >= 15 is 0 Å². The van der Waals surface area contributed by atoms with Crippen LogP contribution in [0.4, 0.5) is 0 Å². The Morgan fingerprint density at radius 2 is 2.29 bits per heavy atom. The van der Waals surface area contributed by atoms with Crippen LogP contribution in [0.5, 0.6) is 0 Å². The van der Waals surface area contributed by atoms with Crippen molar-refractivity contribution in [3.8, 4) is 0 Å². The number of hydrogen-bond acceptors (Lipinski definition) is 0. The Bertz CT molecular complexity index is 101. The average Bonchev–Trinajstić information content (AvgIpc) is 1.86. The van der Waals surface area contributed by atoms with Crippen molar-refractivity contribution in [3.63, 3.8) is 0 Å². The molecule has 1 heteroatoms. The summed E-state index contributed by atoms with van der Waals surface area (Å²) in [6.45, 7) is 2.14. The van der Waals surface area contributed by atoms with Crippen LogP contribution < -0.4 is 0 Å². The Labute approximate surface area is 76.8 Å².